The zero-order valence-corrected chi connectivity index (χ0v) is 10.2. The van der Waals surface area contributed by atoms with Crippen LogP contribution in [0.4, 0.5) is 0 Å². The maximum atomic E-state index is 3.78. The minimum atomic E-state index is 0.817. The minimum Gasteiger partial charge on any atom is -0.350 e. The average Bonchev–Trinajstić information content (AvgIpc) is 2.53. The van der Waals surface area contributed by atoms with Crippen molar-refractivity contribution in [1.82, 2.24) is 9.88 Å². The van der Waals surface area contributed by atoms with Crippen LogP contribution < -0.4 is 5.32 Å². The Morgan fingerprint density at radius 1 is 1.64 bits per heavy atom. The Labute approximate surface area is 94.1 Å². The fourth-order valence-corrected chi connectivity index (χ4v) is 1.59. The van der Waals surface area contributed by atoms with Crippen molar-refractivity contribution in [3.05, 3.63) is 35.1 Å². The van der Waals surface area contributed by atoms with Gasteiger partial charge < -0.3 is 9.88 Å². The first-order valence-corrected chi connectivity index (χ1v) is 5.71. The lowest BCUT2D eigenvalue weighted by atomic mass is 10.4. The van der Waals surface area contributed by atoms with Crippen LogP contribution in [0.1, 0.15) is 19.0 Å². The Balaban J connectivity index is 2.41. The van der Waals surface area contributed by atoms with E-state index in [1.807, 2.05) is 0 Å². The van der Waals surface area contributed by atoms with Gasteiger partial charge in [-0.15, -0.1) is 0 Å². The second-order valence-electron chi connectivity index (χ2n) is 3.31. The van der Waals surface area contributed by atoms with Crippen LogP contribution in [0.3, 0.4) is 0 Å². The predicted molar refractivity (Wildman–Crippen MR) is 64.5 cm³/mol. The molecule has 0 aromatic carbocycles. The first kappa shape index (κ1) is 11.5. The zero-order valence-electron chi connectivity index (χ0n) is 8.59. The predicted octanol–water partition coefficient (Wildman–Crippen LogP) is 2.90. The number of aromatic nitrogens is 1. The van der Waals surface area contributed by atoms with Gasteiger partial charge in [0.25, 0.3) is 0 Å². The first-order valence-electron chi connectivity index (χ1n) is 4.92. The molecule has 1 heterocycles. The zero-order chi connectivity index (χ0) is 10.4. The van der Waals surface area contributed by atoms with E-state index in [-0.39, 0.29) is 0 Å². The molecular weight excluding hydrogens is 240 g/mol. The standard InChI is InChI=1S/C11H17BrN2/c1-3-6-14-7-4-5-11(14)9-13-8-10(2)12/h4-5,7,13H,2-3,6,8-9H2,1H3. The maximum Gasteiger partial charge on any atom is 0.0362 e. The van der Waals surface area contributed by atoms with E-state index >= 15 is 0 Å². The molecule has 1 aromatic heterocycles. The summed E-state index contributed by atoms with van der Waals surface area (Å²) in [6.45, 7) is 8.79. The van der Waals surface area contributed by atoms with E-state index in [1.54, 1.807) is 0 Å². The third-order valence-corrected chi connectivity index (χ3v) is 2.29. The van der Waals surface area contributed by atoms with Crippen molar-refractivity contribution >= 4 is 15.9 Å². The van der Waals surface area contributed by atoms with Crippen LogP contribution in [-0.2, 0) is 13.1 Å². The largest absolute Gasteiger partial charge is 0.350 e. The molecule has 0 aliphatic carbocycles. The highest BCUT2D eigenvalue weighted by atomic mass is 79.9. The summed E-state index contributed by atoms with van der Waals surface area (Å²) < 4.78 is 3.27. The second-order valence-corrected chi connectivity index (χ2v) is 4.44. The highest BCUT2D eigenvalue weighted by Crippen LogP contribution is 2.04. The summed E-state index contributed by atoms with van der Waals surface area (Å²) in [7, 11) is 0. The van der Waals surface area contributed by atoms with Gasteiger partial charge in [0.15, 0.2) is 0 Å². The lowest BCUT2D eigenvalue weighted by molar-refractivity contribution is 0.619. The third kappa shape index (κ3) is 3.68. The van der Waals surface area contributed by atoms with E-state index in [0.29, 0.717) is 0 Å². The van der Waals surface area contributed by atoms with E-state index in [0.717, 1.165) is 24.1 Å². The topological polar surface area (TPSA) is 17.0 Å². The van der Waals surface area contributed by atoms with Gasteiger partial charge in [-0.1, -0.05) is 29.4 Å². The number of halogens is 1. The lowest BCUT2D eigenvalue weighted by Crippen LogP contribution is -2.17. The molecule has 0 aliphatic heterocycles. The molecule has 0 spiro atoms. The molecule has 0 amide bonds. The quantitative estimate of drug-likeness (QED) is 0.829. The minimum absolute atomic E-state index is 0.817. The first-order chi connectivity index (χ1) is 6.74. The molecule has 0 saturated heterocycles. The highest BCUT2D eigenvalue weighted by molar-refractivity contribution is 9.11. The molecule has 14 heavy (non-hydrogen) atoms. The summed E-state index contributed by atoms with van der Waals surface area (Å²) in [6, 6.07) is 4.25. The summed E-state index contributed by atoms with van der Waals surface area (Å²) in [5.74, 6) is 0. The number of nitrogens with one attached hydrogen (secondary N) is 1. The molecule has 2 nitrogen and oxygen atoms in total. The van der Waals surface area contributed by atoms with Crippen LogP contribution in [0.15, 0.2) is 29.4 Å². The molecule has 78 valence electrons. The fraction of sp³-hybridized carbons (Fsp3) is 0.455. The smallest absolute Gasteiger partial charge is 0.0362 e. The van der Waals surface area contributed by atoms with Crippen molar-refractivity contribution in [2.45, 2.75) is 26.4 Å². The van der Waals surface area contributed by atoms with Crippen molar-refractivity contribution in [2.24, 2.45) is 0 Å². The molecular formula is C11H17BrN2. The Morgan fingerprint density at radius 3 is 3.07 bits per heavy atom. The molecule has 1 aromatic rings. The molecule has 1 rings (SSSR count). The monoisotopic (exact) mass is 256 g/mol. The van der Waals surface area contributed by atoms with Crippen molar-refractivity contribution in [3.63, 3.8) is 0 Å². The maximum absolute atomic E-state index is 3.78. The molecule has 0 atom stereocenters. The number of hydrogen-bond acceptors (Lipinski definition) is 1. The third-order valence-electron chi connectivity index (χ3n) is 2.01. The van der Waals surface area contributed by atoms with Crippen LogP contribution in [-0.4, -0.2) is 11.1 Å². The van der Waals surface area contributed by atoms with Crippen molar-refractivity contribution in [1.29, 1.82) is 0 Å². The van der Waals surface area contributed by atoms with Gasteiger partial charge in [-0.3, -0.25) is 0 Å². The fourth-order valence-electron chi connectivity index (χ4n) is 1.40. The van der Waals surface area contributed by atoms with Crippen LogP contribution in [0.2, 0.25) is 0 Å². The number of hydrogen-bond donors (Lipinski definition) is 1. The van der Waals surface area contributed by atoms with Crippen LogP contribution in [0.5, 0.6) is 0 Å². The van der Waals surface area contributed by atoms with Crippen molar-refractivity contribution in [2.75, 3.05) is 6.54 Å². The van der Waals surface area contributed by atoms with Gasteiger partial charge in [0, 0.05) is 36.0 Å². The Hall–Kier alpha value is -0.540. The van der Waals surface area contributed by atoms with E-state index in [9.17, 15) is 0 Å². The SMILES string of the molecule is C=C(Br)CNCc1cccn1CCC. The number of rotatable bonds is 6. The van der Waals surface area contributed by atoms with Crippen molar-refractivity contribution < 1.29 is 0 Å². The molecule has 0 bridgehead atoms. The van der Waals surface area contributed by atoms with E-state index in [4.69, 9.17) is 0 Å². The molecule has 0 radical (unpaired) electrons. The molecule has 1 N–H and O–H groups in total. The van der Waals surface area contributed by atoms with Gasteiger partial charge in [-0.25, -0.2) is 0 Å². The second kappa shape index (κ2) is 6.04. The normalized spacial score (nSPS) is 10.4. The summed E-state index contributed by atoms with van der Waals surface area (Å²) in [5, 5.41) is 3.32. The van der Waals surface area contributed by atoms with Crippen molar-refractivity contribution in [3.8, 4) is 0 Å². The summed E-state index contributed by atoms with van der Waals surface area (Å²) in [4.78, 5) is 0. The van der Waals surface area contributed by atoms with E-state index in [2.05, 4.69) is 57.6 Å². The van der Waals surface area contributed by atoms with Crippen LogP contribution >= 0.6 is 15.9 Å². The lowest BCUT2D eigenvalue weighted by Gasteiger charge is -2.08. The van der Waals surface area contributed by atoms with E-state index in [1.165, 1.54) is 12.1 Å². The molecule has 3 heteroatoms. The molecule has 0 saturated carbocycles. The van der Waals surface area contributed by atoms with Gasteiger partial charge in [-0.05, 0) is 18.6 Å². The number of aryl methyl sites for hydroxylation is 1. The van der Waals surface area contributed by atoms with Crippen LogP contribution in [0.25, 0.3) is 0 Å². The van der Waals surface area contributed by atoms with Gasteiger partial charge in [0.1, 0.15) is 0 Å². The van der Waals surface area contributed by atoms with Gasteiger partial charge >= 0.3 is 0 Å². The molecule has 0 aliphatic rings. The number of nitrogens with zero attached hydrogens (tertiary/aromatic N) is 1. The highest BCUT2D eigenvalue weighted by Gasteiger charge is 1.98. The molecule has 0 fully saturated rings. The van der Waals surface area contributed by atoms with E-state index < -0.39 is 0 Å². The Morgan fingerprint density at radius 2 is 2.43 bits per heavy atom. The van der Waals surface area contributed by atoms with Crippen LogP contribution in [0, 0.1) is 0 Å². The Kier molecular flexibility index (Phi) is 4.98. The average molecular weight is 257 g/mol. The summed E-state index contributed by atoms with van der Waals surface area (Å²) >= 11 is 3.32. The van der Waals surface area contributed by atoms with Gasteiger partial charge in [-0.2, -0.15) is 0 Å². The summed E-state index contributed by atoms with van der Waals surface area (Å²) in [5.41, 5.74) is 1.33. The molecule has 0 unspecified atom stereocenters. The van der Waals surface area contributed by atoms with Gasteiger partial charge in [0.2, 0.25) is 0 Å². The summed E-state index contributed by atoms with van der Waals surface area (Å²) in [6.07, 6.45) is 3.30. The van der Waals surface area contributed by atoms with Gasteiger partial charge in [0.05, 0.1) is 0 Å². The Bertz CT molecular complexity index is 291.